The van der Waals surface area contributed by atoms with Gasteiger partial charge in [0.05, 0.1) is 45.2 Å². The smallest absolute Gasteiger partial charge is 0.101 e. The van der Waals surface area contributed by atoms with Gasteiger partial charge in [-0.2, -0.15) is 0 Å². The van der Waals surface area contributed by atoms with Crippen molar-refractivity contribution >= 4 is 0 Å². The molecule has 0 heterocycles. The van der Waals surface area contributed by atoms with Crippen LogP contribution in [0.25, 0.3) is 0 Å². The van der Waals surface area contributed by atoms with Gasteiger partial charge in [-0.15, -0.1) is 0 Å². The highest BCUT2D eigenvalue weighted by atomic mass is 16.5. The lowest BCUT2D eigenvalue weighted by atomic mass is 10.1. The molecule has 21 heavy (non-hydrogen) atoms. The van der Waals surface area contributed by atoms with E-state index in [0.29, 0.717) is 6.61 Å². The molecule has 0 aromatic rings. The number of hydrogen-bond acceptors (Lipinski definition) is 7. The highest BCUT2D eigenvalue weighted by Crippen LogP contribution is 2.12. The molecule has 0 bridgehead atoms. The minimum Gasteiger partial charge on any atom is -0.394 e. The van der Waals surface area contributed by atoms with Crippen molar-refractivity contribution in [2.75, 3.05) is 53.4 Å². The predicted octanol–water partition coefficient (Wildman–Crippen LogP) is -0.435. The molecule has 2 unspecified atom stereocenters. The van der Waals surface area contributed by atoms with E-state index >= 15 is 0 Å². The molecule has 0 aromatic carbocycles. The summed E-state index contributed by atoms with van der Waals surface area (Å²) in [4.78, 5) is 0. The van der Waals surface area contributed by atoms with Crippen molar-refractivity contribution in [3.05, 3.63) is 0 Å². The molecule has 3 N–H and O–H groups in total. The minimum atomic E-state index is -0.771. The molecule has 0 fully saturated rings. The van der Waals surface area contributed by atoms with E-state index < -0.39 is 12.2 Å². The van der Waals surface area contributed by atoms with Crippen molar-refractivity contribution in [3.63, 3.8) is 0 Å². The Kier molecular flexibility index (Phi) is 12.1. The molecule has 0 spiro atoms. The molecule has 0 aromatic heterocycles. The van der Waals surface area contributed by atoms with Gasteiger partial charge in [-0.3, -0.25) is 0 Å². The summed E-state index contributed by atoms with van der Waals surface area (Å²) in [6, 6.07) is 0. The van der Waals surface area contributed by atoms with Crippen LogP contribution in [0.1, 0.15) is 20.3 Å². The van der Waals surface area contributed by atoms with Crippen LogP contribution in [0.4, 0.5) is 0 Å². The fourth-order valence-electron chi connectivity index (χ4n) is 1.36. The second-order valence-electron chi connectivity index (χ2n) is 5.43. The fourth-order valence-corrected chi connectivity index (χ4v) is 1.36. The van der Waals surface area contributed by atoms with Crippen LogP contribution < -0.4 is 0 Å². The Labute approximate surface area is 126 Å². The number of ether oxygens (including phenoxy) is 4. The first-order valence-electron chi connectivity index (χ1n) is 7.16. The van der Waals surface area contributed by atoms with Crippen molar-refractivity contribution in [1.82, 2.24) is 0 Å². The van der Waals surface area contributed by atoms with Gasteiger partial charge in [-0.05, 0) is 20.3 Å². The van der Waals surface area contributed by atoms with Gasteiger partial charge in [0.15, 0.2) is 0 Å². The molecule has 0 aliphatic carbocycles. The molecule has 0 radical (unpaired) electrons. The lowest BCUT2D eigenvalue weighted by molar-refractivity contribution is -0.0648. The largest absolute Gasteiger partial charge is 0.394 e. The van der Waals surface area contributed by atoms with E-state index in [1.54, 1.807) is 7.11 Å². The van der Waals surface area contributed by atoms with E-state index in [4.69, 9.17) is 24.1 Å². The summed E-state index contributed by atoms with van der Waals surface area (Å²) in [5.41, 5.74) is -0.236. The van der Waals surface area contributed by atoms with E-state index in [1.807, 2.05) is 13.8 Å². The standard InChI is InChI=1S/C14H30O7/c1-14(2,18-3)4-6-19-8-12(16)10-21-11-13(17)9-20-7-5-15/h12-13,15-17H,4-11H2,1-3H3. The Morgan fingerprint density at radius 2 is 1.33 bits per heavy atom. The lowest BCUT2D eigenvalue weighted by Crippen LogP contribution is -2.29. The van der Waals surface area contributed by atoms with Gasteiger partial charge in [0.2, 0.25) is 0 Å². The summed E-state index contributed by atoms with van der Waals surface area (Å²) in [7, 11) is 1.65. The van der Waals surface area contributed by atoms with Crippen molar-refractivity contribution in [2.24, 2.45) is 0 Å². The number of aliphatic hydroxyl groups excluding tert-OH is 3. The van der Waals surface area contributed by atoms with Crippen LogP contribution in [0, 0.1) is 0 Å². The molecule has 0 rings (SSSR count). The van der Waals surface area contributed by atoms with Crippen molar-refractivity contribution in [3.8, 4) is 0 Å². The lowest BCUT2D eigenvalue weighted by Gasteiger charge is -2.22. The van der Waals surface area contributed by atoms with Gasteiger partial charge in [0.25, 0.3) is 0 Å². The van der Waals surface area contributed by atoms with Gasteiger partial charge in [0.1, 0.15) is 12.2 Å². The van der Waals surface area contributed by atoms with Gasteiger partial charge in [-0.1, -0.05) is 0 Å². The SMILES string of the molecule is COC(C)(C)CCOCC(O)COCC(O)COCCO. The Morgan fingerprint density at radius 1 is 0.857 bits per heavy atom. The number of aliphatic hydroxyl groups is 3. The van der Waals surface area contributed by atoms with Crippen molar-refractivity contribution in [2.45, 2.75) is 38.1 Å². The zero-order chi connectivity index (χ0) is 16.1. The zero-order valence-electron chi connectivity index (χ0n) is 13.3. The summed E-state index contributed by atoms with van der Waals surface area (Å²) in [5.74, 6) is 0. The maximum absolute atomic E-state index is 9.64. The molecule has 128 valence electrons. The van der Waals surface area contributed by atoms with Crippen molar-refractivity contribution in [1.29, 1.82) is 0 Å². The van der Waals surface area contributed by atoms with Gasteiger partial charge in [0, 0.05) is 13.7 Å². The van der Waals surface area contributed by atoms with E-state index in [-0.39, 0.29) is 45.2 Å². The van der Waals surface area contributed by atoms with Gasteiger partial charge in [-0.25, -0.2) is 0 Å². The first-order valence-corrected chi connectivity index (χ1v) is 7.16. The molecule has 0 saturated carbocycles. The van der Waals surface area contributed by atoms with Gasteiger partial charge >= 0.3 is 0 Å². The summed E-state index contributed by atoms with van der Waals surface area (Å²) < 4.78 is 20.7. The van der Waals surface area contributed by atoms with Crippen LogP contribution >= 0.6 is 0 Å². The Bertz CT molecular complexity index is 235. The van der Waals surface area contributed by atoms with Crippen LogP contribution in [-0.4, -0.2) is 86.5 Å². The molecule has 2 atom stereocenters. The van der Waals surface area contributed by atoms with Crippen molar-refractivity contribution < 1.29 is 34.3 Å². The second kappa shape index (κ2) is 12.3. The minimum absolute atomic E-state index is 0.0686. The van der Waals surface area contributed by atoms with E-state index in [9.17, 15) is 10.2 Å². The molecular formula is C14H30O7. The molecule has 7 heteroatoms. The fraction of sp³-hybridized carbons (Fsp3) is 1.00. The van der Waals surface area contributed by atoms with E-state index in [2.05, 4.69) is 0 Å². The average molecular weight is 310 g/mol. The normalized spacial score (nSPS) is 15.1. The monoisotopic (exact) mass is 310 g/mol. The molecule has 0 aliphatic rings. The molecule has 0 aliphatic heterocycles. The maximum Gasteiger partial charge on any atom is 0.101 e. The Hall–Kier alpha value is -0.280. The summed E-state index contributed by atoms with van der Waals surface area (Å²) in [5, 5.41) is 27.6. The predicted molar refractivity (Wildman–Crippen MR) is 77.3 cm³/mol. The van der Waals surface area contributed by atoms with E-state index in [0.717, 1.165) is 6.42 Å². The number of methoxy groups -OCH3 is 1. The van der Waals surface area contributed by atoms with E-state index in [1.165, 1.54) is 0 Å². The Morgan fingerprint density at radius 3 is 1.81 bits per heavy atom. The average Bonchev–Trinajstić information content (AvgIpc) is 2.44. The van der Waals surface area contributed by atoms with Crippen LogP contribution in [-0.2, 0) is 18.9 Å². The second-order valence-corrected chi connectivity index (χ2v) is 5.43. The van der Waals surface area contributed by atoms with Crippen LogP contribution in [0.15, 0.2) is 0 Å². The first-order chi connectivity index (χ1) is 9.91. The third kappa shape index (κ3) is 13.1. The molecular weight excluding hydrogens is 280 g/mol. The summed E-state index contributed by atoms with van der Waals surface area (Å²) >= 11 is 0. The topological polar surface area (TPSA) is 97.6 Å². The van der Waals surface area contributed by atoms with Crippen LogP contribution in [0.2, 0.25) is 0 Å². The number of rotatable bonds is 14. The highest BCUT2D eigenvalue weighted by molar-refractivity contribution is 4.66. The Balaban J connectivity index is 3.47. The highest BCUT2D eigenvalue weighted by Gasteiger charge is 2.16. The van der Waals surface area contributed by atoms with Crippen LogP contribution in [0.3, 0.4) is 0 Å². The first kappa shape index (κ1) is 20.7. The maximum atomic E-state index is 9.64. The zero-order valence-corrected chi connectivity index (χ0v) is 13.3. The quantitative estimate of drug-likeness (QED) is 0.374. The molecule has 0 amide bonds. The van der Waals surface area contributed by atoms with Crippen LogP contribution in [0.5, 0.6) is 0 Å². The summed E-state index contributed by atoms with van der Waals surface area (Å²) in [6.07, 6.45) is -0.772. The van der Waals surface area contributed by atoms with Gasteiger partial charge < -0.3 is 34.3 Å². The molecule has 0 saturated heterocycles. The third-order valence-electron chi connectivity index (χ3n) is 2.88. The number of hydrogen-bond donors (Lipinski definition) is 3. The summed E-state index contributed by atoms with van der Waals surface area (Å²) in [6.45, 7) is 4.97. The third-order valence-corrected chi connectivity index (χ3v) is 2.88. The molecule has 7 nitrogen and oxygen atoms in total.